The number of aliphatic hydroxyl groups excluding tert-OH is 1. The minimum Gasteiger partial charge on any atom is -0.462 e. The van der Waals surface area contributed by atoms with Crippen LogP contribution in [0.15, 0.2) is 36.5 Å². The maximum Gasteiger partial charge on any atom is 0.303 e. The molecule has 0 heterocycles. The van der Waals surface area contributed by atoms with E-state index >= 15 is 0 Å². The van der Waals surface area contributed by atoms with Gasteiger partial charge in [-0.3, -0.25) is 9.59 Å². The second kappa shape index (κ2) is 18.5. The number of hydrogen-bond donors (Lipinski definition) is 1. The summed E-state index contributed by atoms with van der Waals surface area (Å²) in [5.74, 6) is 0.0165. The van der Waals surface area contributed by atoms with Crippen molar-refractivity contribution < 1.29 is 24.2 Å². The minimum absolute atomic E-state index is 0.140. The maximum atomic E-state index is 11.7. The van der Waals surface area contributed by atoms with Gasteiger partial charge in [-0.2, -0.15) is 0 Å². The van der Waals surface area contributed by atoms with E-state index in [4.69, 9.17) is 14.6 Å². The van der Waals surface area contributed by atoms with Gasteiger partial charge in [-0.15, -0.1) is 0 Å². The molecule has 33 heavy (non-hydrogen) atoms. The van der Waals surface area contributed by atoms with E-state index in [1.165, 1.54) is 46.0 Å². The summed E-state index contributed by atoms with van der Waals surface area (Å²) in [5, 5.41) is 9.10. The Balaban J connectivity index is 2.67. The van der Waals surface area contributed by atoms with Gasteiger partial charge in [-0.1, -0.05) is 69.4 Å². The largest absolute Gasteiger partial charge is 0.462 e. The monoisotopic (exact) mass is 462 g/mol. The van der Waals surface area contributed by atoms with Gasteiger partial charge in [0.1, 0.15) is 12.2 Å². The summed E-state index contributed by atoms with van der Waals surface area (Å²) in [7, 11) is 0. The summed E-state index contributed by atoms with van der Waals surface area (Å²) in [4.78, 5) is 23.1. The number of esters is 2. The number of carbonyl (C=O) groups excluding carboxylic acids is 2. The lowest BCUT2D eigenvalue weighted by molar-refractivity contribution is -0.150. The van der Waals surface area contributed by atoms with E-state index in [1.54, 1.807) is 0 Å². The Morgan fingerprint density at radius 2 is 1.58 bits per heavy atom. The summed E-state index contributed by atoms with van der Waals surface area (Å²) < 4.78 is 11.1. The molecule has 1 aliphatic carbocycles. The van der Waals surface area contributed by atoms with Gasteiger partial charge in [0.25, 0.3) is 0 Å². The third kappa shape index (κ3) is 14.1. The highest BCUT2D eigenvalue weighted by molar-refractivity contribution is 5.66. The molecule has 0 aliphatic heterocycles. The molecule has 1 rings (SSSR count). The summed E-state index contributed by atoms with van der Waals surface area (Å²) in [6.07, 6.45) is 24.5. The predicted octanol–water partition coefficient (Wildman–Crippen LogP) is 6.46. The van der Waals surface area contributed by atoms with Gasteiger partial charge in [0.15, 0.2) is 0 Å². The number of hydrogen-bond acceptors (Lipinski definition) is 5. The molecule has 0 amide bonds. The molecule has 5 heteroatoms. The Kier molecular flexibility index (Phi) is 16.4. The van der Waals surface area contributed by atoms with E-state index in [-0.39, 0.29) is 42.6 Å². The lowest BCUT2D eigenvalue weighted by Crippen LogP contribution is -2.32. The first-order valence-corrected chi connectivity index (χ1v) is 12.9. The van der Waals surface area contributed by atoms with E-state index in [0.717, 1.165) is 44.9 Å². The fraction of sp³-hybridized carbons (Fsp3) is 0.714. The molecule has 1 N–H and O–H groups in total. The number of allylic oxidation sites excluding steroid dienone is 5. The van der Waals surface area contributed by atoms with Crippen LogP contribution in [0.25, 0.3) is 0 Å². The molecule has 0 saturated heterocycles. The highest BCUT2D eigenvalue weighted by Gasteiger charge is 2.30. The quantitative estimate of drug-likeness (QED) is 0.116. The molecule has 5 nitrogen and oxygen atoms in total. The number of carbonyl (C=O) groups is 2. The van der Waals surface area contributed by atoms with E-state index in [9.17, 15) is 9.59 Å². The molecule has 0 spiro atoms. The van der Waals surface area contributed by atoms with Crippen molar-refractivity contribution in [3.05, 3.63) is 36.5 Å². The van der Waals surface area contributed by atoms with Gasteiger partial charge in [0, 0.05) is 26.4 Å². The summed E-state index contributed by atoms with van der Waals surface area (Å²) >= 11 is 0. The lowest BCUT2D eigenvalue weighted by atomic mass is 9.78. The van der Waals surface area contributed by atoms with Gasteiger partial charge >= 0.3 is 11.9 Å². The van der Waals surface area contributed by atoms with Gasteiger partial charge < -0.3 is 14.6 Å². The summed E-state index contributed by atoms with van der Waals surface area (Å²) in [6.45, 7) is 5.30. The van der Waals surface area contributed by atoms with Gasteiger partial charge in [-0.05, 0) is 56.9 Å². The smallest absolute Gasteiger partial charge is 0.303 e. The lowest BCUT2D eigenvalue weighted by Gasteiger charge is -2.33. The third-order valence-electron chi connectivity index (χ3n) is 6.18. The van der Waals surface area contributed by atoms with Crippen molar-refractivity contribution in [1.29, 1.82) is 0 Å². The predicted molar refractivity (Wildman–Crippen MR) is 134 cm³/mol. The number of aliphatic hydroxyl groups is 1. The van der Waals surface area contributed by atoms with Crippen LogP contribution in [0.3, 0.4) is 0 Å². The zero-order valence-corrected chi connectivity index (χ0v) is 21.0. The first-order chi connectivity index (χ1) is 16.0. The number of unbranched alkanes of at least 4 members (excludes halogenated alkanes) is 6. The molecule has 1 aliphatic rings. The van der Waals surface area contributed by atoms with Crippen molar-refractivity contribution in [3.63, 3.8) is 0 Å². The van der Waals surface area contributed by atoms with Crippen LogP contribution < -0.4 is 0 Å². The van der Waals surface area contributed by atoms with E-state index in [2.05, 4.69) is 25.2 Å². The summed E-state index contributed by atoms with van der Waals surface area (Å²) in [6, 6.07) is 0. The molecule has 0 aromatic carbocycles. The van der Waals surface area contributed by atoms with Crippen molar-refractivity contribution >= 4 is 11.9 Å². The maximum absolute atomic E-state index is 11.7. The molecule has 0 bridgehead atoms. The highest BCUT2D eigenvalue weighted by Crippen LogP contribution is 2.33. The zero-order valence-electron chi connectivity index (χ0n) is 21.0. The molecule has 4 atom stereocenters. The average molecular weight is 463 g/mol. The van der Waals surface area contributed by atoms with Crippen LogP contribution in [0, 0.1) is 11.8 Å². The van der Waals surface area contributed by atoms with Crippen molar-refractivity contribution in [1.82, 2.24) is 0 Å². The fourth-order valence-electron chi connectivity index (χ4n) is 4.46. The van der Waals surface area contributed by atoms with Crippen LogP contribution >= 0.6 is 0 Å². The summed E-state index contributed by atoms with van der Waals surface area (Å²) in [5.41, 5.74) is 0. The normalized spacial score (nSPS) is 20.2. The van der Waals surface area contributed by atoms with Crippen molar-refractivity contribution in [2.75, 3.05) is 6.61 Å². The van der Waals surface area contributed by atoms with Crippen molar-refractivity contribution in [2.24, 2.45) is 11.8 Å². The van der Waals surface area contributed by atoms with Crippen LogP contribution in [0.5, 0.6) is 0 Å². The second-order valence-corrected chi connectivity index (χ2v) is 9.11. The Morgan fingerprint density at radius 3 is 2.27 bits per heavy atom. The molecule has 0 saturated carbocycles. The Hall–Kier alpha value is -1.88. The minimum atomic E-state index is -0.250. The van der Waals surface area contributed by atoms with Gasteiger partial charge in [-0.25, -0.2) is 0 Å². The molecule has 4 unspecified atom stereocenters. The SMILES string of the molecule is CCCCCCCCC(C=CC=CC1CC=CCC1C(CCCCO)OC(C)=O)OC(C)=O. The van der Waals surface area contributed by atoms with Crippen LogP contribution in [0.2, 0.25) is 0 Å². The zero-order chi connectivity index (χ0) is 24.3. The standard InChI is InChI=1S/C28H46O5/c1-4-5-6-7-8-9-18-26(32-23(2)30)19-12-10-16-25-17-11-13-20-27(25)28(33-24(3)31)21-14-15-22-29/h10-13,16,19,25-29H,4-9,14-15,17-18,20-22H2,1-3H3. The second-order valence-electron chi connectivity index (χ2n) is 9.11. The Labute approximate surface area is 201 Å². The third-order valence-corrected chi connectivity index (χ3v) is 6.18. The Morgan fingerprint density at radius 1 is 0.909 bits per heavy atom. The Bertz CT molecular complexity index is 622. The van der Waals surface area contributed by atoms with Gasteiger partial charge in [0.2, 0.25) is 0 Å². The highest BCUT2D eigenvalue weighted by atomic mass is 16.5. The first kappa shape index (κ1) is 29.2. The topological polar surface area (TPSA) is 72.8 Å². The fourth-order valence-corrected chi connectivity index (χ4v) is 4.46. The van der Waals surface area contributed by atoms with E-state index in [0.29, 0.717) is 0 Å². The van der Waals surface area contributed by atoms with Crippen LogP contribution in [0.4, 0.5) is 0 Å². The average Bonchev–Trinajstić information content (AvgIpc) is 2.78. The van der Waals surface area contributed by atoms with E-state index < -0.39 is 0 Å². The molecule has 0 radical (unpaired) electrons. The van der Waals surface area contributed by atoms with Gasteiger partial charge in [0.05, 0.1) is 0 Å². The van der Waals surface area contributed by atoms with Crippen LogP contribution in [-0.4, -0.2) is 35.9 Å². The van der Waals surface area contributed by atoms with Crippen molar-refractivity contribution in [2.45, 2.75) is 110 Å². The van der Waals surface area contributed by atoms with Crippen LogP contribution in [0.1, 0.15) is 97.8 Å². The molecule has 0 fully saturated rings. The molecular weight excluding hydrogens is 416 g/mol. The molecular formula is C28H46O5. The van der Waals surface area contributed by atoms with Crippen molar-refractivity contribution in [3.8, 4) is 0 Å². The van der Waals surface area contributed by atoms with E-state index in [1.807, 2.05) is 18.2 Å². The number of ether oxygens (including phenoxy) is 2. The first-order valence-electron chi connectivity index (χ1n) is 12.9. The number of rotatable bonds is 17. The molecule has 0 aromatic heterocycles. The van der Waals surface area contributed by atoms with Crippen LogP contribution in [-0.2, 0) is 19.1 Å². The molecule has 0 aromatic rings. The molecule has 188 valence electrons.